The summed E-state index contributed by atoms with van der Waals surface area (Å²) in [5.74, 6) is 0.921. The fraction of sp³-hybridized carbons (Fsp3) is 0.0952. The Hall–Kier alpha value is -3.87. The smallest absolute Gasteiger partial charge is 0.274 e. The molecule has 0 fully saturated rings. The summed E-state index contributed by atoms with van der Waals surface area (Å²) in [5.41, 5.74) is 3.59. The number of fused-ring (bicyclic) bond motifs is 4. The molecule has 0 amide bonds. The minimum absolute atomic E-state index is 0.148. The summed E-state index contributed by atoms with van der Waals surface area (Å²) in [6.07, 6.45) is 0. The molecule has 1 aliphatic carbocycles. The number of hydrogen-bond donors (Lipinski definition) is 2. The van der Waals surface area contributed by atoms with Crippen LogP contribution < -0.4 is 15.0 Å². The number of carbonyl (C=O) groups excluding carboxylic acids is 1. The predicted octanol–water partition coefficient (Wildman–Crippen LogP) is 3.15. The molecule has 2 N–H and O–H groups in total. The number of aromatic amines is 2. The molecule has 2 aromatic carbocycles. The summed E-state index contributed by atoms with van der Waals surface area (Å²) >= 11 is 0. The lowest BCUT2D eigenvalue weighted by Crippen LogP contribution is -2.05. The second kappa shape index (κ2) is 5.82. The lowest BCUT2D eigenvalue weighted by molar-refractivity contribution is 0.104. The van der Waals surface area contributed by atoms with Crippen LogP contribution in [0.2, 0.25) is 0 Å². The van der Waals surface area contributed by atoms with E-state index in [1.807, 2.05) is 18.2 Å². The minimum atomic E-state index is -0.334. The molecule has 0 radical (unpaired) electrons. The predicted molar refractivity (Wildman–Crippen MR) is 104 cm³/mol. The van der Waals surface area contributed by atoms with E-state index in [9.17, 15) is 9.59 Å². The molecular formula is C21H15N3O4. The van der Waals surface area contributed by atoms with E-state index < -0.39 is 0 Å². The molecule has 4 aromatic rings. The molecule has 28 heavy (non-hydrogen) atoms. The van der Waals surface area contributed by atoms with E-state index in [4.69, 9.17) is 9.47 Å². The number of ketones is 1. The first-order chi connectivity index (χ1) is 13.6. The Morgan fingerprint density at radius 2 is 1.61 bits per heavy atom. The standard InChI is InChI=1S/C21H15N3O4/c1-27-13-8-7-10(9-14(13)28-2)15-16-18(22-20-17(15)21(26)24-23-20)11-5-3-4-6-12(11)19(16)25/h3-9H,1-2H3,(H2,22,23,24,26). The van der Waals surface area contributed by atoms with E-state index in [1.54, 1.807) is 31.4 Å². The number of hydrogen-bond acceptors (Lipinski definition) is 5. The molecule has 0 bridgehead atoms. The van der Waals surface area contributed by atoms with Crippen molar-refractivity contribution in [1.29, 1.82) is 0 Å². The van der Waals surface area contributed by atoms with Crippen molar-refractivity contribution in [3.8, 4) is 33.9 Å². The van der Waals surface area contributed by atoms with Crippen molar-refractivity contribution in [2.24, 2.45) is 0 Å². The lowest BCUT2D eigenvalue weighted by Gasteiger charge is -2.12. The minimum Gasteiger partial charge on any atom is -0.493 e. The third-order valence-corrected chi connectivity index (χ3v) is 5.04. The van der Waals surface area contributed by atoms with Crippen molar-refractivity contribution in [2.45, 2.75) is 0 Å². The first kappa shape index (κ1) is 16.3. The number of benzene rings is 2. The Labute approximate surface area is 158 Å². The van der Waals surface area contributed by atoms with Crippen LogP contribution in [0.1, 0.15) is 15.9 Å². The topological polar surface area (TPSA) is 97.1 Å². The molecule has 0 unspecified atom stereocenters. The average molecular weight is 373 g/mol. The summed E-state index contributed by atoms with van der Waals surface area (Å²) < 4.78 is 10.7. The summed E-state index contributed by atoms with van der Waals surface area (Å²) in [6, 6.07) is 12.6. The summed E-state index contributed by atoms with van der Waals surface area (Å²) in [6.45, 7) is 0. The molecule has 2 aromatic heterocycles. The number of nitrogens with one attached hydrogen (secondary N) is 2. The summed E-state index contributed by atoms with van der Waals surface area (Å²) in [4.78, 5) is 30.3. The Morgan fingerprint density at radius 1 is 0.857 bits per heavy atom. The Balaban J connectivity index is 1.91. The van der Waals surface area contributed by atoms with E-state index >= 15 is 0 Å². The third-order valence-electron chi connectivity index (χ3n) is 5.04. The molecule has 0 spiro atoms. The van der Waals surface area contributed by atoms with E-state index in [2.05, 4.69) is 15.2 Å². The Bertz CT molecular complexity index is 1330. The van der Waals surface area contributed by atoms with Gasteiger partial charge in [0.2, 0.25) is 0 Å². The van der Waals surface area contributed by atoms with Gasteiger partial charge in [-0.15, -0.1) is 0 Å². The summed E-state index contributed by atoms with van der Waals surface area (Å²) in [7, 11) is 3.09. The van der Waals surface area contributed by atoms with Crippen LogP contribution in [-0.2, 0) is 0 Å². The van der Waals surface area contributed by atoms with Gasteiger partial charge in [-0.1, -0.05) is 30.3 Å². The maximum absolute atomic E-state index is 13.2. The molecule has 0 saturated heterocycles. The van der Waals surface area contributed by atoms with Gasteiger partial charge in [0.1, 0.15) is 0 Å². The normalized spacial score (nSPS) is 12.1. The fourth-order valence-electron chi connectivity index (χ4n) is 3.79. The van der Waals surface area contributed by atoms with Gasteiger partial charge in [0, 0.05) is 16.7 Å². The maximum atomic E-state index is 13.2. The SMILES string of the molecule is COc1ccc(-c2c3c(nc4[nH][nH]c(=O)c24)-c2ccccc2C3=O)cc1OC. The molecule has 7 nitrogen and oxygen atoms in total. The molecule has 5 rings (SSSR count). The Kier molecular flexibility index (Phi) is 3.39. The van der Waals surface area contributed by atoms with Crippen LogP contribution in [0.25, 0.3) is 33.4 Å². The second-order valence-electron chi connectivity index (χ2n) is 6.46. The Morgan fingerprint density at radius 3 is 2.36 bits per heavy atom. The van der Waals surface area contributed by atoms with E-state index in [1.165, 1.54) is 7.11 Å². The van der Waals surface area contributed by atoms with Gasteiger partial charge in [-0.3, -0.25) is 19.8 Å². The van der Waals surface area contributed by atoms with Crippen LogP contribution in [0.5, 0.6) is 11.5 Å². The molecule has 0 atom stereocenters. The van der Waals surface area contributed by atoms with Gasteiger partial charge in [-0.2, -0.15) is 0 Å². The number of ether oxygens (including phenoxy) is 2. The van der Waals surface area contributed by atoms with Crippen LogP contribution in [0.3, 0.4) is 0 Å². The van der Waals surface area contributed by atoms with Gasteiger partial charge < -0.3 is 9.47 Å². The van der Waals surface area contributed by atoms with E-state index in [0.717, 1.165) is 5.56 Å². The molecule has 2 heterocycles. The van der Waals surface area contributed by atoms with Gasteiger partial charge in [0.05, 0.1) is 30.9 Å². The van der Waals surface area contributed by atoms with Crippen LogP contribution in [0, 0.1) is 0 Å². The largest absolute Gasteiger partial charge is 0.493 e. The highest BCUT2D eigenvalue weighted by molar-refractivity contribution is 6.26. The highest BCUT2D eigenvalue weighted by Crippen LogP contribution is 2.44. The van der Waals surface area contributed by atoms with Crippen molar-refractivity contribution >= 4 is 16.8 Å². The first-order valence-electron chi connectivity index (χ1n) is 8.65. The van der Waals surface area contributed by atoms with Crippen LogP contribution in [-0.4, -0.2) is 35.2 Å². The molecule has 138 valence electrons. The summed E-state index contributed by atoms with van der Waals surface area (Å²) in [5, 5.41) is 5.72. The van der Waals surface area contributed by atoms with Crippen molar-refractivity contribution < 1.29 is 14.3 Å². The number of rotatable bonds is 3. The van der Waals surface area contributed by atoms with E-state index in [0.29, 0.717) is 50.5 Å². The quantitative estimate of drug-likeness (QED) is 0.506. The van der Waals surface area contributed by atoms with Crippen LogP contribution in [0.15, 0.2) is 47.3 Å². The van der Waals surface area contributed by atoms with Gasteiger partial charge in [0.15, 0.2) is 22.9 Å². The van der Waals surface area contributed by atoms with Crippen LogP contribution in [0.4, 0.5) is 0 Å². The zero-order valence-electron chi connectivity index (χ0n) is 15.1. The second-order valence-corrected chi connectivity index (χ2v) is 6.46. The van der Waals surface area contributed by atoms with Gasteiger partial charge in [-0.25, -0.2) is 4.98 Å². The fourth-order valence-corrected chi connectivity index (χ4v) is 3.79. The zero-order chi connectivity index (χ0) is 19.4. The highest BCUT2D eigenvalue weighted by Gasteiger charge is 2.33. The van der Waals surface area contributed by atoms with Crippen molar-refractivity contribution in [1.82, 2.24) is 15.2 Å². The number of nitrogens with zero attached hydrogens (tertiary/aromatic N) is 1. The lowest BCUT2D eigenvalue weighted by atomic mass is 9.95. The third kappa shape index (κ3) is 2.07. The highest BCUT2D eigenvalue weighted by atomic mass is 16.5. The number of methoxy groups -OCH3 is 2. The van der Waals surface area contributed by atoms with Crippen LogP contribution >= 0.6 is 0 Å². The van der Waals surface area contributed by atoms with Gasteiger partial charge in [0.25, 0.3) is 5.56 Å². The molecule has 1 aliphatic rings. The zero-order valence-corrected chi connectivity index (χ0v) is 15.1. The number of pyridine rings is 1. The molecular weight excluding hydrogens is 358 g/mol. The van der Waals surface area contributed by atoms with E-state index in [-0.39, 0.29) is 11.3 Å². The molecule has 0 aliphatic heterocycles. The number of aromatic nitrogens is 3. The monoisotopic (exact) mass is 373 g/mol. The van der Waals surface area contributed by atoms with Gasteiger partial charge in [-0.05, 0) is 17.7 Å². The maximum Gasteiger partial charge on any atom is 0.274 e. The van der Waals surface area contributed by atoms with Crippen molar-refractivity contribution in [3.05, 3.63) is 63.9 Å². The number of H-pyrrole nitrogens is 2. The number of carbonyl (C=O) groups is 1. The van der Waals surface area contributed by atoms with Gasteiger partial charge >= 0.3 is 0 Å². The molecule has 7 heteroatoms. The molecule has 0 saturated carbocycles. The van der Waals surface area contributed by atoms with Crippen molar-refractivity contribution in [2.75, 3.05) is 14.2 Å². The average Bonchev–Trinajstić information content (AvgIpc) is 3.24. The van der Waals surface area contributed by atoms with Crippen molar-refractivity contribution in [3.63, 3.8) is 0 Å². The first-order valence-corrected chi connectivity index (χ1v) is 8.65.